The number of thiophene rings is 1. The lowest BCUT2D eigenvalue weighted by molar-refractivity contribution is -0.122. The Bertz CT molecular complexity index is 511. The van der Waals surface area contributed by atoms with Crippen LogP contribution in [0.2, 0.25) is 0 Å². The van der Waals surface area contributed by atoms with E-state index in [1.165, 1.54) is 10.4 Å². The first kappa shape index (κ1) is 14.8. The number of benzene rings is 1. The number of carbonyl (C=O) groups is 1. The molecular weight excluding hydrogens is 270 g/mol. The van der Waals surface area contributed by atoms with Gasteiger partial charge in [0, 0.05) is 18.4 Å². The van der Waals surface area contributed by atoms with E-state index in [4.69, 9.17) is 4.74 Å². The third kappa shape index (κ3) is 4.47. The number of rotatable bonds is 7. The third-order valence-corrected chi connectivity index (χ3v) is 4.02. The van der Waals surface area contributed by atoms with Gasteiger partial charge in [-0.15, -0.1) is 11.3 Å². The fourth-order valence-corrected chi connectivity index (χ4v) is 2.80. The topological polar surface area (TPSA) is 38.3 Å². The lowest BCUT2D eigenvalue weighted by atomic mass is 10.0. The predicted molar refractivity (Wildman–Crippen MR) is 81.8 cm³/mol. The van der Waals surface area contributed by atoms with Crippen LogP contribution in [0.1, 0.15) is 22.9 Å². The van der Waals surface area contributed by atoms with Gasteiger partial charge in [0.25, 0.3) is 0 Å². The van der Waals surface area contributed by atoms with Crippen molar-refractivity contribution in [2.24, 2.45) is 0 Å². The number of carbonyl (C=O) groups excluding carboxylic acids is 1. The van der Waals surface area contributed by atoms with Gasteiger partial charge in [0.2, 0.25) is 5.91 Å². The Balaban J connectivity index is 2.04. The largest absolute Gasteiger partial charge is 0.384 e. The number of hydrogen-bond acceptors (Lipinski definition) is 3. The molecule has 20 heavy (non-hydrogen) atoms. The second kappa shape index (κ2) is 7.82. The second-order valence-electron chi connectivity index (χ2n) is 4.57. The minimum atomic E-state index is 0.0289. The normalized spacial score (nSPS) is 12.1. The zero-order chi connectivity index (χ0) is 14.2. The van der Waals surface area contributed by atoms with Crippen molar-refractivity contribution >= 4 is 17.2 Å². The quantitative estimate of drug-likeness (QED) is 0.850. The van der Waals surface area contributed by atoms with E-state index in [0.29, 0.717) is 13.0 Å². The van der Waals surface area contributed by atoms with E-state index in [9.17, 15) is 4.79 Å². The van der Waals surface area contributed by atoms with Crippen molar-refractivity contribution in [1.29, 1.82) is 0 Å². The number of ether oxygens (including phenoxy) is 1. The summed E-state index contributed by atoms with van der Waals surface area (Å²) in [6.45, 7) is 0.453. The highest BCUT2D eigenvalue weighted by atomic mass is 32.1. The van der Waals surface area contributed by atoms with Crippen LogP contribution < -0.4 is 5.32 Å². The van der Waals surface area contributed by atoms with Crippen molar-refractivity contribution in [3.05, 3.63) is 58.3 Å². The summed E-state index contributed by atoms with van der Waals surface area (Å²) >= 11 is 1.67. The van der Waals surface area contributed by atoms with Crippen LogP contribution in [0, 0.1) is 0 Å². The first-order chi connectivity index (χ1) is 9.79. The Hall–Kier alpha value is -1.65. The molecule has 1 aromatic carbocycles. The van der Waals surface area contributed by atoms with Crippen LogP contribution in [0.5, 0.6) is 0 Å². The smallest absolute Gasteiger partial charge is 0.222 e. The molecule has 0 aliphatic rings. The molecule has 3 nitrogen and oxygen atoms in total. The zero-order valence-electron chi connectivity index (χ0n) is 11.5. The summed E-state index contributed by atoms with van der Waals surface area (Å²) in [5, 5.41) is 5.13. The maximum Gasteiger partial charge on any atom is 0.222 e. The Morgan fingerprint density at radius 3 is 2.70 bits per heavy atom. The molecule has 0 saturated carbocycles. The van der Waals surface area contributed by atoms with Gasteiger partial charge in [0.1, 0.15) is 0 Å². The van der Waals surface area contributed by atoms with Crippen molar-refractivity contribution < 1.29 is 9.53 Å². The molecule has 0 radical (unpaired) electrons. The molecule has 1 atom stereocenters. The number of amides is 1. The summed E-state index contributed by atoms with van der Waals surface area (Å²) < 4.78 is 4.94. The molecule has 0 bridgehead atoms. The molecule has 4 heteroatoms. The van der Waals surface area contributed by atoms with Gasteiger partial charge >= 0.3 is 0 Å². The van der Waals surface area contributed by atoms with E-state index in [1.807, 2.05) is 29.6 Å². The average molecular weight is 289 g/mol. The highest BCUT2D eigenvalue weighted by Crippen LogP contribution is 2.23. The molecular formula is C16H19NO2S. The molecule has 106 valence electrons. The molecule has 0 saturated heterocycles. The number of hydrogen-bond donors (Lipinski definition) is 1. The number of nitrogens with one attached hydrogen (secondary N) is 1. The van der Waals surface area contributed by atoms with Gasteiger partial charge in [-0.1, -0.05) is 36.4 Å². The fraction of sp³-hybridized carbons (Fsp3) is 0.312. The third-order valence-electron chi connectivity index (χ3n) is 3.04. The minimum absolute atomic E-state index is 0.0289. The predicted octanol–water partition coefficient (Wildman–Crippen LogP) is 3.18. The van der Waals surface area contributed by atoms with Crippen molar-refractivity contribution in [2.45, 2.75) is 18.9 Å². The first-order valence-corrected chi connectivity index (χ1v) is 7.53. The van der Waals surface area contributed by atoms with Gasteiger partial charge in [-0.2, -0.15) is 0 Å². The molecule has 0 unspecified atom stereocenters. The van der Waals surface area contributed by atoms with Gasteiger partial charge in [0.05, 0.1) is 12.6 Å². The average Bonchev–Trinajstić information content (AvgIpc) is 3.00. The molecule has 2 rings (SSSR count). The second-order valence-corrected chi connectivity index (χ2v) is 5.55. The SMILES string of the molecule is COCCC(=O)N[C@@H](Cc1ccccc1)c1cccs1. The molecule has 1 N–H and O–H groups in total. The molecule has 1 amide bonds. The van der Waals surface area contributed by atoms with Gasteiger partial charge < -0.3 is 10.1 Å². The van der Waals surface area contributed by atoms with Crippen LogP contribution in [-0.4, -0.2) is 19.6 Å². The highest BCUT2D eigenvalue weighted by molar-refractivity contribution is 7.10. The van der Waals surface area contributed by atoms with Gasteiger partial charge in [0.15, 0.2) is 0 Å². The Kier molecular flexibility index (Phi) is 5.77. The molecule has 1 aromatic heterocycles. The van der Waals surface area contributed by atoms with E-state index >= 15 is 0 Å². The Morgan fingerprint density at radius 2 is 2.05 bits per heavy atom. The molecule has 1 heterocycles. The Labute approximate surface area is 123 Å². The Morgan fingerprint density at radius 1 is 1.25 bits per heavy atom. The van der Waals surface area contributed by atoms with Crippen molar-refractivity contribution in [3.63, 3.8) is 0 Å². The van der Waals surface area contributed by atoms with Crippen molar-refractivity contribution in [1.82, 2.24) is 5.32 Å². The summed E-state index contributed by atoms with van der Waals surface area (Å²) in [6, 6.07) is 14.3. The minimum Gasteiger partial charge on any atom is -0.384 e. The van der Waals surface area contributed by atoms with Crippen LogP contribution in [0.3, 0.4) is 0 Å². The number of methoxy groups -OCH3 is 1. The van der Waals surface area contributed by atoms with Crippen LogP contribution in [0.4, 0.5) is 0 Å². The van der Waals surface area contributed by atoms with Crippen molar-refractivity contribution in [3.8, 4) is 0 Å². The van der Waals surface area contributed by atoms with E-state index in [-0.39, 0.29) is 11.9 Å². The van der Waals surface area contributed by atoms with E-state index < -0.39 is 0 Å². The standard InChI is InChI=1S/C16H19NO2S/c1-19-10-9-16(18)17-14(15-8-5-11-20-15)12-13-6-3-2-4-7-13/h2-8,11,14H,9-10,12H2,1H3,(H,17,18)/t14-/m0/s1. The monoisotopic (exact) mass is 289 g/mol. The maximum absolute atomic E-state index is 11.9. The molecule has 2 aromatic rings. The van der Waals surface area contributed by atoms with Crippen molar-refractivity contribution in [2.75, 3.05) is 13.7 Å². The lowest BCUT2D eigenvalue weighted by Crippen LogP contribution is -2.30. The van der Waals surface area contributed by atoms with Gasteiger partial charge in [-0.05, 0) is 23.4 Å². The van der Waals surface area contributed by atoms with Crippen LogP contribution in [0.15, 0.2) is 47.8 Å². The molecule has 0 aliphatic carbocycles. The fourth-order valence-electron chi connectivity index (χ4n) is 2.02. The summed E-state index contributed by atoms with van der Waals surface area (Å²) in [6.07, 6.45) is 1.20. The maximum atomic E-state index is 11.9. The molecule has 0 spiro atoms. The van der Waals surface area contributed by atoms with E-state index in [1.54, 1.807) is 18.4 Å². The summed E-state index contributed by atoms with van der Waals surface area (Å²) in [5.41, 5.74) is 1.22. The van der Waals surface area contributed by atoms with Gasteiger partial charge in [-0.25, -0.2) is 0 Å². The zero-order valence-corrected chi connectivity index (χ0v) is 12.4. The van der Waals surface area contributed by atoms with Gasteiger partial charge in [-0.3, -0.25) is 4.79 Å². The summed E-state index contributed by atoms with van der Waals surface area (Å²) in [7, 11) is 1.61. The molecule has 0 fully saturated rings. The first-order valence-electron chi connectivity index (χ1n) is 6.65. The van der Waals surface area contributed by atoms with Crippen LogP contribution in [-0.2, 0) is 16.0 Å². The van der Waals surface area contributed by atoms with E-state index in [0.717, 1.165) is 6.42 Å². The van der Waals surface area contributed by atoms with Crippen LogP contribution in [0.25, 0.3) is 0 Å². The summed E-state index contributed by atoms with van der Waals surface area (Å²) in [4.78, 5) is 13.1. The lowest BCUT2D eigenvalue weighted by Gasteiger charge is -2.17. The van der Waals surface area contributed by atoms with Crippen LogP contribution >= 0.6 is 11.3 Å². The van der Waals surface area contributed by atoms with E-state index in [2.05, 4.69) is 23.5 Å². The highest BCUT2D eigenvalue weighted by Gasteiger charge is 2.16. The summed E-state index contributed by atoms with van der Waals surface area (Å²) in [5.74, 6) is 0.0289. The molecule has 0 aliphatic heterocycles.